The molecule has 70 valence electrons. The third-order valence-corrected chi connectivity index (χ3v) is 2.26. The van der Waals surface area contributed by atoms with E-state index >= 15 is 0 Å². The SMILES string of the molecule is CC(O)CCC(=O)N(C)C1CC1. The maximum absolute atomic E-state index is 11.3. The highest BCUT2D eigenvalue weighted by Crippen LogP contribution is 2.25. The standard InChI is InChI=1S/C9H17NO2/c1-7(11)3-6-9(12)10(2)8-4-5-8/h7-8,11H,3-6H2,1-2H3. The number of rotatable bonds is 4. The zero-order valence-electron chi connectivity index (χ0n) is 7.79. The smallest absolute Gasteiger partial charge is 0.222 e. The summed E-state index contributed by atoms with van der Waals surface area (Å²) in [4.78, 5) is 13.2. The molecule has 1 amide bonds. The predicted molar refractivity (Wildman–Crippen MR) is 46.7 cm³/mol. The van der Waals surface area contributed by atoms with Gasteiger partial charge in [-0.25, -0.2) is 0 Å². The van der Waals surface area contributed by atoms with Gasteiger partial charge in [0.15, 0.2) is 0 Å². The molecule has 12 heavy (non-hydrogen) atoms. The molecule has 0 aromatic carbocycles. The van der Waals surface area contributed by atoms with Crippen molar-refractivity contribution in [2.24, 2.45) is 0 Å². The summed E-state index contributed by atoms with van der Waals surface area (Å²) in [6, 6.07) is 0.492. The van der Waals surface area contributed by atoms with Crippen LogP contribution in [0.1, 0.15) is 32.6 Å². The fourth-order valence-corrected chi connectivity index (χ4v) is 1.17. The van der Waals surface area contributed by atoms with Gasteiger partial charge >= 0.3 is 0 Å². The van der Waals surface area contributed by atoms with Crippen LogP contribution >= 0.6 is 0 Å². The van der Waals surface area contributed by atoms with E-state index in [0.717, 1.165) is 12.8 Å². The summed E-state index contributed by atoms with van der Waals surface area (Å²) in [5, 5.41) is 8.97. The maximum atomic E-state index is 11.3. The molecule has 0 aromatic rings. The van der Waals surface area contributed by atoms with E-state index in [1.54, 1.807) is 6.92 Å². The molecule has 3 heteroatoms. The number of nitrogens with zero attached hydrogens (tertiary/aromatic N) is 1. The van der Waals surface area contributed by atoms with E-state index in [4.69, 9.17) is 5.11 Å². The Kier molecular flexibility index (Phi) is 3.09. The highest BCUT2D eigenvalue weighted by atomic mass is 16.3. The van der Waals surface area contributed by atoms with E-state index in [-0.39, 0.29) is 12.0 Å². The van der Waals surface area contributed by atoms with Crippen LogP contribution in [0.2, 0.25) is 0 Å². The van der Waals surface area contributed by atoms with Crippen molar-refractivity contribution in [3.8, 4) is 0 Å². The van der Waals surface area contributed by atoms with Crippen LogP contribution in [0, 0.1) is 0 Å². The van der Waals surface area contributed by atoms with Crippen LogP contribution in [-0.4, -0.2) is 35.1 Å². The minimum absolute atomic E-state index is 0.165. The van der Waals surface area contributed by atoms with Crippen LogP contribution in [0.25, 0.3) is 0 Å². The van der Waals surface area contributed by atoms with Gasteiger partial charge in [-0.15, -0.1) is 0 Å². The van der Waals surface area contributed by atoms with Gasteiger partial charge < -0.3 is 10.0 Å². The third-order valence-electron chi connectivity index (χ3n) is 2.26. The molecule has 0 saturated heterocycles. The monoisotopic (exact) mass is 171 g/mol. The minimum atomic E-state index is -0.360. The number of carbonyl (C=O) groups is 1. The first-order valence-electron chi connectivity index (χ1n) is 4.55. The summed E-state index contributed by atoms with van der Waals surface area (Å²) in [5.41, 5.74) is 0. The summed E-state index contributed by atoms with van der Waals surface area (Å²) >= 11 is 0. The largest absolute Gasteiger partial charge is 0.393 e. The van der Waals surface area contributed by atoms with Crippen LogP contribution in [-0.2, 0) is 4.79 Å². The zero-order chi connectivity index (χ0) is 9.14. The summed E-state index contributed by atoms with van der Waals surface area (Å²) in [5.74, 6) is 0.165. The number of carbonyl (C=O) groups excluding carboxylic acids is 1. The highest BCUT2D eigenvalue weighted by molar-refractivity contribution is 5.76. The molecule has 1 aliphatic carbocycles. The van der Waals surface area contributed by atoms with Crippen molar-refractivity contribution in [1.82, 2.24) is 4.90 Å². The summed E-state index contributed by atoms with van der Waals surface area (Å²) in [7, 11) is 1.85. The van der Waals surface area contributed by atoms with Crippen molar-refractivity contribution in [2.45, 2.75) is 44.8 Å². The van der Waals surface area contributed by atoms with E-state index in [0.29, 0.717) is 18.9 Å². The lowest BCUT2D eigenvalue weighted by molar-refractivity contribution is -0.130. The lowest BCUT2D eigenvalue weighted by Crippen LogP contribution is -2.29. The van der Waals surface area contributed by atoms with Gasteiger partial charge in [0.05, 0.1) is 6.10 Å². The Hall–Kier alpha value is -0.570. The van der Waals surface area contributed by atoms with Gasteiger partial charge in [-0.3, -0.25) is 4.79 Å². The number of amides is 1. The van der Waals surface area contributed by atoms with Gasteiger partial charge in [0.25, 0.3) is 0 Å². The first-order valence-corrected chi connectivity index (χ1v) is 4.55. The van der Waals surface area contributed by atoms with Crippen LogP contribution in [0.4, 0.5) is 0 Å². The van der Waals surface area contributed by atoms with Crippen molar-refractivity contribution in [2.75, 3.05) is 7.05 Å². The molecule has 3 nitrogen and oxygen atoms in total. The predicted octanol–water partition coefficient (Wildman–Crippen LogP) is 0.768. The lowest BCUT2D eigenvalue weighted by atomic mass is 10.2. The molecule has 1 aliphatic rings. The normalized spacial score (nSPS) is 18.9. The summed E-state index contributed by atoms with van der Waals surface area (Å²) < 4.78 is 0. The Balaban J connectivity index is 2.17. The summed E-state index contributed by atoms with van der Waals surface area (Å²) in [6.45, 7) is 1.71. The van der Waals surface area contributed by atoms with E-state index in [1.165, 1.54) is 0 Å². The van der Waals surface area contributed by atoms with Gasteiger partial charge in [0.2, 0.25) is 5.91 Å². The van der Waals surface area contributed by atoms with Crippen LogP contribution in [0.3, 0.4) is 0 Å². The van der Waals surface area contributed by atoms with Crippen molar-refractivity contribution in [1.29, 1.82) is 0 Å². The first-order chi connectivity index (χ1) is 5.61. The number of aliphatic hydroxyl groups is 1. The minimum Gasteiger partial charge on any atom is -0.393 e. The van der Waals surface area contributed by atoms with Gasteiger partial charge in [0, 0.05) is 19.5 Å². The average Bonchev–Trinajstić information content (AvgIpc) is 2.80. The first kappa shape index (κ1) is 9.52. The second kappa shape index (κ2) is 3.90. The average molecular weight is 171 g/mol. The molecule has 1 rings (SSSR count). The molecule has 0 aliphatic heterocycles. The van der Waals surface area contributed by atoms with Crippen molar-refractivity contribution >= 4 is 5.91 Å². The molecule has 0 bridgehead atoms. The fraction of sp³-hybridized carbons (Fsp3) is 0.889. The molecule has 1 atom stereocenters. The second-order valence-corrected chi connectivity index (χ2v) is 3.62. The van der Waals surface area contributed by atoms with Gasteiger partial charge in [-0.2, -0.15) is 0 Å². The Morgan fingerprint density at radius 1 is 1.67 bits per heavy atom. The lowest BCUT2D eigenvalue weighted by Gasteiger charge is -2.16. The molecule has 0 spiro atoms. The van der Waals surface area contributed by atoms with Crippen molar-refractivity contribution in [3.63, 3.8) is 0 Å². The number of aliphatic hydroxyl groups excluding tert-OH is 1. The van der Waals surface area contributed by atoms with Gasteiger partial charge in [-0.1, -0.05) is 0 Å². The van der Waals surface area contributed by atoms with Crippen LogP contribution in [0.15, 0.2) is 0 Å². The van der Waals surface area contributed by atoms with Crippen molar-refractivity contribution < 1.29 is 9.90 Å². The molecular formula is C9H17NO2. The third kappa shape index (κ3) is 2.81. The molecular weight excluding hydrogens is 154 g/mol. The molecule has 1 fully saturated rings. The second-order valence-electron chi connectivity index (χ2n) is 3.62. The molecule has 1 saturated carbocycles. The van der Waals surface area contributed by atoms with Crippen LogP contribution < -0.4 is 0 Å². The zero-order valence-corrected chi connectivity index (χ0v) is 7.79. The van der Waals surface area contributed by atoms with E-state index in [9.17, 15) is 4.79 Å². The Morgan fingerprint density at radius 2 is 2.25 bits per heavy atom. The fourth-order valence-electron chi connectivity index (χ4n) is 1.17. The Morgan fingerprint density at radius 3 is 2.67 bits per heavy atom. The number of hydrogen-bond donors (Lipinski definition) is 1. The quantitative estimate of drug-likeness (QED) is 0.678. The van der Waals surface area contributed by atoms with Crippen LogP contribution in [0.5, 0.6) is 0 Å². The molecule has 0 aromatic heterocycles. The number of hydrogen-bond acceptors (Lipinski definition) is 2. The molecule has 0 heterocycles. The Bertz CT molecular complexity index is 164. The molecule has 1 unspecified atom stereocenters. The van der Waals surface area contributed by atoms with Gasteiger partial charge in [-0.05, 0) is 26.2 Å². The van der Waals surface area contributed by atoms with Gasteiger partial charge in [0.1, 0.15) is 0 Å². The topological polar surface area (TPSA) is 40.5 Å². The van der Waals surface area contributed by atoms with Crippen molar-refractivity contribution in [3.05, 3.63) is 0 Å². The molecule has 1 N–H and O–H groups in total. The highest BCUT2D eigenvalue weighted by Gasteiger charge is 2.29. The van der Waals surface area contributed by atoms with E-state index < -0.39 is 0 Å². The Labute approximate surface area is 73.4 Å². The van der Waals surface area contributed by atoms with E-state index in [1.807, 2.05) is 11.9 Å². The van der Waals surface area contributed by atoms with E-state index in [2.05, 4.69) is 0 Å². The maximum Gasteiger partial charge on any atom is 0.222 e. The molecule has 0 radical (unpaired) electrons. The summed E-state index contributed by atoms with van der Waals surface area (Å²) in [6.07, 6.45) is 3.00.